The zero-order chi connectivity index (χ0) is 21.2. The average molecular weight is 409 g/mol. The van der Waals surface area contributed by atoms with Gasteiger partial charge in [0.1, 0.15) is 5.75 Å². The van der Waals surface area contributed by atoms with Gasteiger partial charge in [-0.05, 0) is 35.4 Å². The summed E-state index contributed by atoms with van der Waals surface area (Å²) < 4.78 is 44.0. The number of rotatable bonds is 10. The van der Waals surface area contributed by atoms with E-state index in [1.54, 1.807) is 24.3 Å². The number of nitrogens with one attached hydrogen (secondary N) is 1. The number of alkyl halides is 2. The highest BCUT2D eigenvalue weighted by atomic mass is 19.3. The number of ether oxygens (including phenoxy) is 4. The van der Waals surface area contributed by atoms with Crippen molar-refractivity contribution in [2.45, 2.75) is 19.6 Å². The molecule has 156 valence electrons. The number of methoxy groups -OCH3 is 2. The molecule has 2 aromatic rings. The summed E-state index contributed by atoms with van der Waals surface area (Å²) >= 11 is 0. The lowest BCUT2D eigenvalue weighted by molar-refractivity contribution is -0.147. The predicted molar refractivity (Wildman–Crippen MR) is 99.1 cm³/mol. The third-order valence-electron chi connectivity index (χ3n) is 3.78. The number of halogens is 2. The monoisotopic (exact) mass is 409 g/mol. The Balaban J connectivity index is 1.79. The molecule has 0 aliphatic heterocycles. The highest BCUT2D eigenvalue weighted by molar-refractivity contribution is 5.81. The van der Waals surface area contributed by atoms with Crippen molar-refractivity contribution in [1.82, 2.24) is 5.32 Å². The molecular weight excluding hydrogens is 388 g/mol. The van der Waals surface area contributed by atoms with Gasteiger partial charge in [-0.2, -0.15) is 8.78 Å². The Kier molecular flexibility index (Phi) is 8.20. The molecule has 0 aliphatic carbocycles. The summed E-state index contributed by atoms with van der Waals surface area (Å²) in [5, 5.41) is 2.57. The van der Waals surface area contributed by atoms with E-state index in [0.29, 0.717) is 16.9 Å². The number of carbonyl (C=O) groups excluding carboxylic acids is 2. The number of esters is 1. The minimum atomic E-state index is -2.97. The van der Waals surface area contributed by atoms with Crippen molar-refractivity contribution in [3.8, 4) is 17.2 Å². The van der Waals surface area contributed by atoms with Gasteiger partial charge in [0.25, 0.3) is 5.91 Å². The number of carbonyl (C=O) groups is 2. The van der Waals surface area contributed by atoms with Gasteiger partial charge in [-0.25, -0.2) is 0 Å². The number of hydrogen-bond donors (Lipinski definition) is 1. The minimum Gasteiger partial charge on any atom is -0.497 e. The summed E-state index contributed by atoms with van der Waals surface area (Å²) in [4.78, 5) is 23.7. The first kappa shape index (κ1) is 21.9. The van der Waals surface area contributed by atoms with E-state index < -0.39 is 25.1 Å². The van der Waals surface area contributed by atoms with Gasteiger partial charge in [-0.15, -0.1) is 0 Å². The maximum absolute atomic E-state index is 12.3. The van der Waals surface area contributed by atoms with Crippen LogP contribution in [0.5, 0.6) is 17.2 Å². The van der Waals surface area contributed by atoms with Gasteiger partial charge in [0.15, 0.2) is 18.1 Å². The molecule has 0 heterocycles. The van der Waals surface area contributed by atoms with Crippen LogP contribution in [-0.4, -0.2) is 39.3 Å². The lowest BCUT2D eigenvalue weighted by atomic mass is 10.1. The Morgan fingerprint density at radius 1 is 1.00 bits per heavy atom. The molecule has 2 aromatic carbocycles. The molecule has 0 unspecified atom stereocenters. The van der Waals surface area contributed by atoms with Crippen LogP contribution < -0.4 is 19.5 Å². The van der Waals surface area contributed by atoms with Crippen LogP contribution in [0.3, 0.4) is 0 Å². The van der Waals surface area contributed by atoms with Crippen molar-refractivity contribution in [2.75, 3.05) is 20.8 Å². The van der Waals surface area contributed by atoms with Crippen LogP contribution in [0.1, 0.15) is 11.1 Å². The van der Waals surface area contributed by atoms with Crippen LogP contribution in [0.15, 0.2) is 42.5 Å². The van der Waals surface area contributed by atoms with Crippen molar-refractivity contribution in [1.29, 1.82) is 0 Å². The van der Waals surface area contributed by atoms with Gasteiger partial charge in [0.2, 0.25) is 0 Å². The second-order valence-electron chi connectivity index (χ2n) is 5.83. The molecule has 29 heavy (non-hydrogen) atoms. The minimum absolute atomic E-state index is 0.00722. The van der Waals surface area contributed by atoms with Gasteiger partial charge in [-0.3, -0.25) is 9.59 Å². The van der Waals surface area contributed by atoms with Gasteiger partial charge >= 0.3 is 12.6 Å². The average Bonchev–Trinajstić information content (AvgIpc) is 2.71. The fourth-order valence-electron chi connectivity index (χ4n) is 2.41. The Bertz CT molecular complexity index is 843. The molecule has 0 aromatic heterocycles. The fourth-order valence-corrected chi connectivity index (χ4v) is 2.41. The zero-order valence-electron chi connectivity index (χ0n) is 15.9. The second kappa shape index (κ2) is 10.8. The van der Waals surface area contributed by atoms with Crippen molar-refractivity contribution >= 4 is 11.9 Å². The van der Waals surface area contributed by atoms with Gasteiger partial charge in [0.05, 0.1) is 20.6 Å². The van der Waals surface area contributed by atoms with Crippen LogP contribution >= 0.6 is 0 Å². The summed E-state index contributed by atoms with van der Waals surface area (Å²) in [7, 11) is 2.84. The van der Waals surface area contributed by atoms with E-state index in [1.165, 1.54) is 32.4 Å². The maximum atomic E-state index is 12.3. The third kappa shape index (κ3) is 7.28. The lowest BCUT2D eigenvalue weighted by Crippen LogP contribution is -2.28. The van der Waals surface area contributed by atoms with Crippen LogP contribution in [-0.2, 0) is 27.3 Å². The molecular formula is C20H21F2NO6. The Morgan fingerprint density at radius 3 is 2.48 bits per heavy atom. The van der Waals surface area contributed by atoms with Crippen LogP contribution in [0.2, 0.25) is 0 Å². The van der Waals surface area contributed by atoms with Crippen LogP contribution in [0.25, 0.3) is 0 Å². The molecule has 0 atom stereocenters. The Morgan fingerprint density at radius 2 is 1.79 bits per heavy atom. The molecule has 1 amide bonds. The quantitative estimate of drug-likeness (QED) is 0.608. The third-order valence-corrected chi connectivity index (χ3v) is 3.78. The summed E-state index contributed by atoms with van der Waals surface area (Å²) in [6.45, 7) is -3.31. The fraction of sp³-hybridized carbons (Fsp3) is 0.300. The lowest BCUT2D eigenvalue weighted by Gasteiger charge is -2.12. The number of benzene rings is 2. The largest absolute Gasteiger partial charge is 0.497 e. The number of hydrogen-bond acceptors (Lipinski definition) is 6. The van der Waals surface area contributed by atoms with Gasteiger partial charge < -0.3 is 24.3 Å². The second-order valence-corrected chi connectivity index (χ2v) is 5.83. The molecule has 0 spiro atoms. The van der Waals surface area contributed by atoms with E-state index in [1.807, 2.05) is 0 Å². The van der Waals surface area contributed by atoms with E-state index in [2.05, 4.69) is 10.1 Å². The highest BCUT2D eigenvalue weighted by Crippen LogP contribution is 2.29. The summed E-state index contributed by atoms with van der Waals surface area (Å²) in [6, 6.07) is 11.3. The molecule has 7 nitrogen and oxygen atoms in total. The first-order valence-electron chi connectivity index (χ1n) is 8.58. The highest BCUT2D eigenvalue weighted by Gasteiger charge is 2.12. The molecule has 0 fully saturated rings. The standard InChI is InChI=1S/C20H21F2NO6/c1-26-15-5-3-4-13(8-15)10-19(25)28-12-18(24)23-11-14-6-7-16(29-20(21)22)17(9-14)27-2/h3-9,20H,10-12H2,1-2H3,(H,23,24). The van der Waals surface area contributed by atoms with Crippen molar-refractivity contribution < 1.29 is 37.3 Å². The first-order valence-corrected chi connectivity index (χ1v) is 8.58. The summed E-state index contributed by atoms with van der Waals surface area (Å²) in [5.74, 6) is -0.432. The zero-order valence-corrected chi connectivity index (χ0v) is 15.9. The molecule has 1 N–H and O–H groups in total. The van der Waals surface area contributed by atoms with E-state index in [4.69, 9.17) is 14.2 Å². The molecule has 0 saturated carbocycles. The molecule has 2 rings (SSSR count). The Labute approximate surface area is 166 Å². The predicted octanol–water partition coefficient (Wildman–Crippen LogP) is 2.71. The summed E-state index contributed by atoms with van der Waals surface area (Å²) in [5.41, 5.74) is 1.30. The van der Waals surface area contributed by atoms with E-state index in [-0.39, 0.29) is 24.5 Å². The summed E-state index contributed by atoms with van der Waals surface area (Å²) in [6.07, 6.45) is 0.00722. The number of amides is 1. The van der Waals surface area contributed by atoms with E-state index >= 15 is 0 Å². The molecule has 9 heteroatoms. The first-order chi connectivity index (χ1) is 13.9. The molecule has 0 radical (unpaired) electrons. The van der Waals surface area contributed by atoms with Gasteiger partial charge in [0, 0.05) is 6.54 Å². The smallest absolute Gasteiger partial charge is 0.387 e. The van der Waals surface area contributed by atoms with Crippen molar-refractivity contribution in [3.63, 3.8) is 0 Å². The SMILES string of the molecule is COc1cccc(CC(=O)OCC(=O)NCc2ccc(OC(F)F)c(OC)c2)c1. The van der Waals surface area contributed by atoms with E-state index in [9.17, 15) is 18.4 Å². The van der Waals surface area contributed by atoms with E-state index in [0.717, 1.165) is 0 Å². The van der Waals surface area contributed by atoms with Crippen molar-refractivity contribution in [3.05, 3.63) is 53.6 Å². The maximum Gasteiger partial charge on any atom is 0.387 e. The Hall–Kier alpha value is -3.36. The van der Waals surface area contributed by atoms with Crippen LogP contribution in [0.4, 0.5) is 8.78 Å². The molecule has 0 bridgehead atoms. The van der Waals surface area contributed by atoms with Gasteiger partial charge in [-0.1, -0.05) is 18.2 Å². The van der Waals surface area contributed by atoms with Crippen molar-refractivity contribution in [2.24, 2.45) is 0 Å². The topological polar surface area (TPSA) is 83.1 Å². The molecule has 0 aliphatic rings. The normalized spacial score (nSPS) is 10.4. The molecule has 0 saturated heterocycles. The van der Waals surface area contributed by atoms with Crippen LogP contribution in [0, 0.1) is 0 Å².